The molecule has 27 heavy (non-hydrogen) atoms. The van der Waals surface area contributed by atoms with Gasteiger partial charge >= 0.3 is 0 Å². The number of carbonyl (C=O) groups excluding carboxylic acids is 1. The average Bonchev–Trinajstić information content (AvgIpc) is 2.71. The van der Waals surface area contributed by atoms with Crippen molar-refractivity contribution in [2.75, 3.05) is 14.2 Å². The Labute approximate surface area is 157 Å². The van der Waals surface area contributed by atoms with Crippen LogP contribution >= 0.6 is 0 Å². The summed E-state index contributed by atoms with van der Waals surface area (Å²) in [7, 11) is 3.21. The molecule has 138 valence electrons. The van der Waals surface area contributed by atoms with Gasteiger partial charge in [0.1, 0.15) is 5.75 Å². The molecule has 0 fully saturated rings. The summed E-state index contributed by atoms with van der Waals surface area (Å²) in [6.07, 6.45) is 0. The Balaban J connectivity index is 1.96. The van der Waals surface area contributed by atoms with Crippen molar-refractivity contribution >= 4 is 22.4 Å². The zero-order chi connectivity index (χ0) is 19.6. The van der Waals surface area contributed by atoms with Crippen molar-refractivity contribution < 1.29 is 14.5 Å². The molecule has 0 aromatic heterocycles. The van der Waals surface area contributed by atoms with Crippen LogP contribution in [0.4, 0.5) is 5.69 Å². The van der Waals surface area contributed by atoms with Crippen LogP contribution in [0.1, 0.15) is 28.9 Å². The van der Waals surface area contributed by atoms with E-state index in [0.29, 0.717) is 16.9 Å². The van der Waals surface area contributed by atoms with Gasteiger partial charge in [0.15, 0.2) is 0 Å². The molecular formula is C21H20N2O4. The number of carbonyl (C=O) groups is 1. The van der Waals surface area contributed by atoms with E-state index in [4.69, 9.17) is 4.74 Å². The van der Waals surface area contributed by atoms with Crippen LogP contribution in [-0.2, 0) is 0 Å². The van der Waals surface area contributed by atoms with E-state index in [1.165, 1.54) is 19.2 Å². The molecule has 0 aliphatic rings. The first kappa shape index (κ1) is 18.4. The molecule has 0 N–H and O–H groups in total. The van der Waals surface area contributed by atoms with Crippen LogP contribution in [-0.4, -0.2) is 29.9 Å². The number of hydrogen-bond donors (Lipinski definition) is 0. The normalized spacial score (nSPS) is 11.8. The van der Waals surface area contributed by atoms with Crippen molar-refractivity contribution in [1.29, 1.82) is 0 Å². The number of nitro benzene ring substituents is 1. The topological polar surface area (TPSA) is 72.7 Å². The van der Waals surface area contributed by atoms with Gasteiger partial charge < -0.3 is 9.64 Å². The predicted molar refractivity (Wildman–Crippen MR) is 104 cm³/mol. The first-order valence-corrected chi connectivity index (χ1v) is 8.50. The molecule has 0 aliphatic heterocycles. The molecule has 6 heteroatoms. The van der Waals surface area contributed by atoms with E-state index < -0.39 is 4.92 Å². The molecule has 0 radical (unpaired) electrons. The quantitative estimate of drug-likeness (QED) is 0.490. The standard InChI is InChI=1S/C21H20N2O4/c1-14(15-9-6-10-18(11-15)23(25)26)22(2)21(24)19-12-16-7-4-5-8-17(16)13-20(19)27-3/h4-14H,1-3H3. The third kappa shape index (κ3) is 3.60. The van der Waals surface area contributed by atoms with Crippen molar-refractivity contribution in [2.45, 2.75) is 13.0 Å². The van der Waals surface area contributed by atoms with Gasteiger partial charge in [-0.05, 0) is 35.4 Å². The fourth-order valence-corrected chi connectivity index (χ4v) is 3.04. The molecule has 3 aromatic rings. The second-order valence-corrected chi connectivity index (χ2v) is 6.34. The lowest BCUT2D eigenvalue weighted by molar-refractivity contribution is -0.384. The van der Waals surface area contributed by atoms with E-state index in [1.54, 1.807) is 24.1 Å². The Morgan fingerprint density at radius 1 is 1.07 bits per heavy atom. The molecule has 0 bridgehead atoms. The summed E-state index contributed by atoms with van der Waals surface area (Å²) in [6, 6.07) is 17.4. The number of benzene rings is 3. The van der Waals surface area contributed by atoms with Crippen molar-refractivity contribution in [3.05, 3.63) is 81.9 Å². The Morgan fingerprint density at radius 3 is 2.37 bits per heavy atom. The van der Waals surface area contributed by atoms with Gasteiger partial charge in [-0.15, -0.1) is 0 Å². The summed E-state index contributed by atoms with van der Waals surface area (Å²) >= 11 is 0. The SMILES string of the molecule is COc1cc2ccccc2cc1C(=O)N(C)C(C)c1cccc([N+](=O)[O-])c1. The fourth-order valence-electron chi connectivity index (χ4n) is 3.04. The molecule has 1 amide bonds. The van der Waals surface area contributed by atoms with E-state index in [0.717, 1.165) is 10.8 Å². The van der Waals surface area contributed by atoms with E-state index in [2.05, 4.69) is 0 Å². The van der Waals surface area contributed by atoms with E-state index >= 15 is 0 Å². The Hall–Kier alpha value is -3.41. The number of hydrogen-bond acceptors (Lipinski definition) is 4. The highest BCUT2D eigenvalue weighted by Gasteiger charge is 2.23. The number of amides is 1. The maximum Gasteiger partial charge on any atom is 0.269 e. The van der Waals surface area contributed by atoms with Crippen LogP contribution in [0.25, 0.3) is 10.8 Å². The molecule has 0 heterocycles. The Morgan fingerprint density at radius 2 is 1.74 bits per heavy atom. The molecule has 3 aromatic carbocycles. The van der Waals surface area contributed by atoms with Crippen LogP contribution in [0.2, 0.25) is 0 Å². The highest BCUT2D eigenvalue weighted by atomic mass is 16.6. The number of nitrogens with zero attached hydrogens (tertiary/aromatic N) is 2. The zero-order valence-corrected chi connectivity index (χ0v) is 15.4. The highest BCUT2D eigenvalue weighted by Crippen LogP contribution is 2.30. The second kappa shape index (κ2) is 7.45. The summed E-state index contributed by atoms with van der Waals surface area (Å²) in [5, 5.41) is 12.9. The summed E-state index contributed by atoms with van der Waals surface area (Å²) < 4.78 is 5.42. The maximum absolute atomic E-state index is 13.1. The van der Waals surface area contributed by atoms with Gasteiger partial charge in [-0.1, -0.05) is 36.4 Å². The summed E-state index contributed by atoms with van der Waals surface area (Å²) in [5.41, 5.74) is 1.15. The minimum Gasteiger partial charge on any atom is -0.496 e. The summed E-state index contributed by atoms with van der Waals surface area (Å²) in [5.74, 6) is 0.286. The van der Waals surface area contributed by atoms with Crippen LogP contribution in [0.5, 0.6) is 5.75 Å². The van der Waals surface area contributed by atoms with Crippen LogP contribution < -0.4 is 4.74 Å². The molecule has 0 spiro atoms. The first-order valence-electron chi connectivity index (χ1n) is 8.50. The lowest BCUT2D eigenvalue weighted by Gasteiger charge is -2.26. The highest BCUT2D eigenvalue weighted by molar-refractivity contribution is 6.01. The van der Waals surface area contributed by atoms with Gasteiger partial charge in [0.2, 0.25) is 0 Å². The molecule has 6 nitrogen and oxygen atoms in total. The molecule has 1 unspecified atom stereocenters. The number of rotatable bonds is 5. The van der Waals surface area contributed by atoms with E-state index in [9.17, 15) is 14.9 Å². The lowest BCUT2D eigenvalue weighted by atomic mass is 10.0. The maximum atomic E-state index is 13.1. The third-order valence-corrected chi connectivity index (χ3v) is 4.76. The van der Waals surface area contributed by atoms with Gasteiger partial charge in [-0.3, -0.25) is 14.9 Å². The van der Waals surface area contributed by atoms with Crippen molar-refractivity contribution in [3.63, 3.8) is 0 Å². The molecular weight excluding hydrogens is 344 g/mol. The van der Waals surface area contributed by atoms with Gasteiger partial charge in [0.25, 0.3) is 11.6 Å². The average molecular weight is 364 g/mol. The predicted octanol–water partition coefficient (Wildman–Crippen LogP) is 4.59. The number of non-ortho nitro benzene ring substituents is 1. The number of nitro groups is 1. The molecule has 0 saturated heterocycles. The number of methoxy groups -OCH3 is 1. The Bertz CT molecular complexity index is 1020. The number of fused-ring (bicyclic) bond motifs is 1. The first-order chi connectivity index (χ1) is 12.9. The minimum absolute atomic E-state index is 0.00323. The molecule has 1 atom stereocenters. The van der Waals surface area contributed by atoms with Crippen molar-refractivity contribution in [3.8, 4) is 5.75 Å². The third-order valence-electron chi connectivity index (χ3n) is 4.76. The Kier molecular flexibility index (Phi) is 5.07. The van der Waals surface area contributed by atoms with E-state index in [1.807, 2.05) is 43.3 Å². The molecule has 0 aliphatic carbocycles. The largest absolute Gasteiger partial charge is 0.496 e. The van der Waals surface area contributed by atoms with Crippen molar-refractivity contribution in [1.82, 2.24) is 4.90 Å². The van der Waals surface area contributed by atoms with Gasteiger partial charge in [0.05, 0.1) is 23.6 Å². The fraction of sp³-hybridized carbons (Fsp3) is 0.190. The molecule has 3 rings (SSSR count). The minimum atomic E-state index is -0.440. The van der Waals surface area contributed by atoms with Crippen LogP contribution in [0.15, 0.2) is 60.7 Å². The van der Waals surface area contributed by atoms with Crippen LogP contribution in [0, 0.1) is 10.1 Å². The number of ether oxygens (including phenoxy) is 1. The smallest absolute Gasteiger partial charge is 0.269 e. The summed E-state index contributed by atoms with van der Waals surface area (Å²) in [4.78, 5) is 25.3. The van der Waals surface area contributed by atoms with Crippen molar-refractivity contribution in [2.24, 2.45) is 0 Å². The van der Waals surface area contributed by atoms with Gasteiger partial charge in [-0.25, -0.2) is 0 Å². The van der Waals surface area contributed by atoms with Gasteiger partial charge in [-0.2, -0.15) is 0 Å². The molecule has 0 saturated carbocycles. The summed E-state index contributed by atoms with van der Waals surface area (Å²) in [6.45, 7) is 1.84. The zero-order valence-electron chi connectivity index (χ0n) is 15.4. The lowest BCUT2D eigenvalue weighted by Crippen LogP contribution is -2.30. The van der Waals surface area contributed by atoms with Gasteiger partial charge in [0, 0.05) is 19.2 Å². The monoisotopic (exact) mass is 364 g/mol. The van der Waals surface area contributed by atoms with E-state index in [-0.39, 0.29) is 17.6 Å². The second-order valence-electron chi connectivity index (χ2n) is 6.34. The van der Waals surface area contributed by atoms with Crippen LogP contribution in [0.3, 0.4) is 0 Å².